The van der Waals surface area contributed by atoms with Gasteiger partial charge in [0.2, 0.25) is 0 Å². The lowest BCUT2D eigenvalue weighted by atomic mass is 9.96. The van der Waals surface area contributed by atoms with E-state index in [0.29, 0.717) is 0 Å². The molecule has 0 saturated carbocycles. The molecule has 8 rings (SSSR count). The van der Waals surface area contributed by atoms with Gasteiger partial charge in [-0.3, -0.25) is 0 Å². The molecule has 332 valence electrons. The SMILES string of the molecule is CCCCCCCCc1cc2c3cc(CCCCCCCC)sc3c3cc4cc5c(cc4cc3c2s1)c1sc(CCCCCCCC)cc1c1cc(CCCCCCCC)sc15. The molecule has 0 atom stereocenters. The first kappa shape index (κ1) is 46.0. The van der Waals surface area contributed by atoms with Crippen LogP contribution in [0, 0.1) is 0 Å². The molecule has 0 fully saturated rings. The summed E-state index contributed by atoms with van der Waals surface area (Å²) >= 11 is 8.42. The van der Waals surface area contributed by atoms with E-state index in [2.05, 4.69) is 122 Å². The maximum atomic E-state index is 2.61. The number of fused-ring (bicyclic) bond motifs is 13. The van der Waals surface area contributed by atoms with Crippen molar-refractivity contribution in [2.75, 3.05) is 0 Å². The van der Waals surface area contributed by atoms with Crippen molar-refractivity contribution in [1.29, 1.82) is 0 Å². The van der Waals surface area contributed by atoms with Crippen LogP contribution in [0.4, 0.5) is 0 Å². The van der Waals surface area contributed by atoms with E-state index in [4.69, 9.17) is 0 Å². The third kappa shape index (κ3) is 10.9. The highest BCUT2D eigenvalue weighted by Gasteiger charge is 2.19. The lowest BCUT2D eigenvalue weighted by Crippen LogP contribution is -1.82. The van der Waals surface area contributed by atoms with Crippen LogP contribution < -0.4 is 0 Å². The van der Waals surface area contributed by atoms with Gasteiger partial charge in [-0.05, 0) is 111 Å². The van der Waals surface area contributed by atoms with E-state index in [1.807, 2.05) is 0 Å². The average Bonchev–Trinajstić information content (AvgIpc) is 4.10. The maximum Gasteiger partial charge on any atom is 0.0431 e. The van der Waals surface area contributed by atoms with Crippen LogP contribution in [0.2, 0.25) is 0 Å². The van der Waals surface area contributed by atoms with Crippen molar-refractivity contribution in [3.63, 3.8) is 0 Å². The number of hydrogen-bond acceptors (Lipinski definition) is 4. The van der Waals surface area contributed by atoms with Crippen molar-refractivity contribution < 1.29 is 0 Å². The standard InChI is InChI=1S/C58H76S4/c1-5-9-13-17-21-25-29-43-37-51-52-38-44(30-26-22-18-14-10-6-2)60-56(52)48-34-42-36-50-49(35-41(42)33-47(48)55(51)59-43)57-53(39-45(61-57)31-27-23-19-15-11-7-3)54-40-46(62-58(50)54)32-28-24-20-16-12-8-4/h33-40H,5-32H2,1-4H3. The molecular weight excluding hydrogens is 825 g/mol. The summed E-state index contributed by atoms with van der Waals surface area (Å²) in [6, 6.07) is 20.9. The first-order valence-electron chi connectivity index (χ1n) is 25.7. The van der Waals surface area contributed by atoms with Crippen LogP contribution in [-0.2, 0) is 25.7 Å². The Morgan fingerprint density at radius 3 is 0.661 bits per heavy atom. The Labute approximate surface area is 390 Å². The van der Waals surface area contributed by atoms with E-state index >= 15 is 0 Å². The molecule has 0 bridgehead atoms. The normalized spacial score (nSPS) is 12.4. The number of hydrogen-bond donors (Lipinski definition) is 0. The monoisotopic (exact) mass is 900 g/mol. The van der Waals surface area contributed by atoms with Gasteiger partial charge in [-0.1, -0.05) is 156 Å². The Balaban J connectivity index is 1.20. The lowest BCUT2D eigenvalue weighted by molar-refractivity contribution is 0.609. The fourth-order valence-electron chi connectivity index (χ4n) is 10.3. The molecule has 0 aliphatic heterocycles. The van der Waals surface area contributed by atoms with E-state index in [1.165, 1.54) is 252 Å². The van der Waals surface area contributed by atoms with E-state index in [1.54, 1.807) is 19.5 Å². The molecule has 0 nitrogen and oxygen atoms in total. The first-order valence-corrected chi connectivity index (χ1v) is 29.0. The minimum Gasteiger partial charge on any atom is -0.140 e. The van der Waals surface area contributed by atoms with Crippen molar-refractivity contribution in [2.45, 2.75) is 207 Å². The highest BCUT2D eigenvalue weighted by atomic mass is 32.1. The quantitative estimate of drug-likeness (QED) is 0.0339. The van der Waals surface area contributed by atoms with Gasteiger partial charge in [0.05, 0.1) is 0 Å². The zero-order valence-electron chi connectivity index (χ0n) is 39.1. The summed E-state index contributed by atoms with van der Waals surface area (Å²) in [6.45, 7) is 9.29. The number of unbranched alkanes of at least 4 members (excludes halogenated alkanes) is 20. The zero-order valence-corrected chi connectivity index (χ0v) is 42.3. The molecule has 62 heavy (non-hydrogen) atoms. The summed E-state index contributed by atoms with van der Waals surface area (Å²) in [5, 5.41) is 14.8. The predicted octanol–water partition coefficient (Wildman–Crippen LogP) is 21.6. The van der Waals surface area contributed by atoms with Gasteiger partial charge < -0.3 is 0 Å². The summed E-state index contributed by atoms with van der Waals surface area (Å²) in [5.74, 6) is 0. The molecule has 0 amide bonds. The Morgan fingerprint density at radius 1 is 0.242 bits per heavy atom. The maximum absolute atomic E-state index is 2.61. The molecule has 0 unspecified atom stereocenters. The largest absolute Gasteiger partial charge is 0.140 e. The zero-order chi connectivity index (χ0) is 42.7. The molecule has 0 aliphatic rings. The summed E-state index contributed by atoms with van der Waals surface area (Å²) in [4.78, 5) is 6.34. The fourth-order valence-corrected chi connectivity index (χ4v) is 15.3. The van der Waals surface area contributed by atoms with Crippen molar-refractivity contribution >= 4 is 118 Å². The van der Waals surface area contributed by atoms with Gasteiger partial charge in [0, 0.05) is 81.4 Å². The molecule has 0 radical (unpaired) electrons. The minimum absolute atomic E-state index is 1.22. The van der Waals surface area contributed by atoms with Crippen LogP contribution in [0.5, 0.6) is 0 Å². The van der Waals surface area contributed by atoms with Crippen molar-refractivity contribution in [3.8, 4) is 0 Å². The first-order chi connectivity index (χ1) is 30.6. The number of rotatable bonds is 28. The Kier molecular flexibility index (Phi) is 17.2. The van der Waals surface area contributed by atoms with Crippen LogP contribution >= 0.6 is 45.3 Å². The summed E-state index contributed by atoms with van der Waals surface area (Å²) in [5.41, 5.74) is 0. The Bertz CT molecular complexity index is 2290. The molecule has 0 spiro atoms. The average molecular weight is 902 g/mol. The van der Waals surface area contributed by atoms with Gasteiger partial charge in [0.25, 0.3) is 0 Å². The second kappa shape index (κ2) is 23.1. The molecule has 4 aromatic carbocycles. The molecule has 8 aromatic rings. The van der Waals surface area contributed by atoms with Crippen LogP contribution in [0.25, 0.3) is 72.7 Å². The van der Waals surface area contributed by atoms with Gasteiger partial charge in [0.1, 0.15) is 0 Å². The summed E-state index contributed by atoms with van der Waals surface area (Å²) in [7, 11) is 0. The van der Waals surface area contributed by atoms with Gasteiger partial charge >= 0.3 is 0 Å². The highest BCUT2D eigenvalue weighted by molar-refractivity contribution is 7.23. The molecule has 4 aromatic heterocycles. The van der Waals surface area contributed by atoms with Gasteiger partial charge in [0.15, 0.2) is 0 Å². The van der Waals surface area contributed by atoms with Crippen LogP contribution in [0.15, 0.2) is 48.5 Å². The number of benzene rings is 4. The second-order valence-corrected chi connectivity index (χ2v) is 23.6. The molecular formula is C58H76S4. The van der Waals surface area contributed by atoms with E-state index in [9.17, 15) is 0 Å². The summed E-state index contributed by atoms with van der Waals surface area (Å²) < 4.78 is 6.09. The summed E-state index contributed by atoms with van der Waals surface area (Å²) in [6.07, 6.45) is 37.5. The molecule has 0 saturated heterocycles. The van der Waals surface area contributed by atoms with Gasteiger partial charge in [-0.2, -0.15) is 0 Å². The highest BCUT2D eigenvalue weighted by Crippen LogP contribution is 2.48. The Hall–Kier alpha value is -2.50. The molecule has 4 heterocycles. The third-order valence-electron chi connectivity index (χ3n) is 13.9. The lowest BCUT2D eigenvalue weighted by Gasteiger charge is -2.09. The minimum atomic E-state index is 1.22. The van der Waals surface area contributed by atoms with E-state index < -0.39 is 0 Å². The Morgan fingerprint density at radius 2 is 0.435 bits per heavy atom. The number of aryl methyl sites for hydroxylation is 4. The predicted molar refractivity (Wildman–Crippen MR) is 289 cm³/mol. The van der Waals surface area contributed by atoms with Crippen molar-refractivity contribution in [2.24, 2.45) is 0 Å². The van der Waals surface area contributed by atoms with E-state index in [-0.39, 0.29) is 0 Å². The number of thiophene rings is 4. The molecule has 0 N–H and O–H groups in total. The molecule has 4 heteroatoms. The van der Waals surface area contributed by atoms with Crippen LogP contribution in [0.1, 0.15) is 201 Å². The second-order valence-electron chi connectivity index (χ2n) is 19.0. The van der Waals surface area contributed by atoms with Gasteiger partial charge in [-0.15, -0.1) is 45.3 Å². The van der Waals surface area contributed by atoms with Crippen LogP contribution in [0.3, 0.4) is 0 Å². The van der Waals surface area contributed by atoms with Crippen molar-refractivity contribution in [1.82, 2.24) is 0 Å². The third-order valence-corrected chi connectivity index (χ3v) is 18.8. The van der Waals surface area contributed by atoms with Gasteiger partial charge in [-0.25, -0.2) is 0 Å². The van der Waals surface area contributed by atoms with Crippen molar-refractivity contribution in [3.05, 3.63) is 68.0 Å². The molecule has 0 aliphatic carbocycles. The topological polar surface area (TPSA) is 0 Å². The smallest absolute Gasteiger partial charge is 0.0431 e. The fraction of sp³-hybridized carbons (Fsp3) is 0.552. The van der Waals surface area contributed by atoms with E-state index in [0.717, 1.165) is 0 Å². The van der Waals surface area contributed by atoms with Crippen LogP contribution in [-0.4, -0.2) is 0 Å².